The van der Waals surface area contributed by atoms with Crippen molar-refractivity contribution in [2.24, 2.45) is 11.8 Å². The molecule has 2 amide bonds. The van der Waals surface area contributed by atoms with Gasteiger partial charge < -0.3 is 10.2 Å². The summed E-state index contributed by atoms with van der Waals surface area (Å²) in [6.45, 7) is 0.509. The number of carbonyl (C=O) groups excluding carboxylic acids is 2. The Morgan fingerprint density at radius 1 is 1.23 bits per heavy atom. The van der Waals surface area contributed by atoms with Crippen molar-refractivity contribution in [3.8, 4) is 0 Å². The van der Waals surface area contributed by atoms with E-state index < -0.39 is 9.84 Å². The smallest absolute Gasteiger partial charge is 0.226 e. The molecule has 1 aliphatic heterocycles. The van der Waals surface area contributed by atoms with Crippen molar-refractivity contribution in [2.75, 3.05) is 25.1 Å². The molecule has 6 nitrogen and oxygen atoms in total. The number of amides is 2. The molecule has 1 heterocycles. The molecule has 2 aliphatic rings. The predicted molar refractivity (Wildman–Crippen MR) is 99.6 cm³/mol. The van der Waals surface area contributed by atoms with E-state index in [2.05, 4.69) is 5.32 Å². The summed E-state index contributed by atoms with van der Waals surface area (Å²) in [6.07, 6.45) is 1.72. The van der Waals surface area contributed by atoms with Crippen molar-refractivity contribution in [1.82, 2.24) is 10.2 Å². The van der Waals surface area contributed by atoms with Gasteiger partial charge in [0.05, 0.1) is 23.3 Å². The molecule has 1 aliphatic carbocycles. The van der Waals surface area contributed by atoms with Crippen molar-refractivity contribution in [1.29, 1.82) is 0 Å². The molecule has 0 radical (unpaired) electrons. The third kappa shape index (κ3) is 4.57. The third-order valence-electron chi connectivity index (χ3n) is 5.17. The van der Waals surface area contributed by atoms with E-state index >= 15 is 0 Å². The van der Waals surface area contributed by atoms with E-state index in [-0.39, 0.29) is 41.2 Å². The van der Waals surface area contributed by atoms with Gasteiger partial charge >= 0.3 is 0 Å². The van der Waals surface area contributed by atoms with Gasteiger partial charge in [-0.05, 0) is 37.0 Å². The molecule has 1 aromatic carbocycles. The van der Waals surface area contributed by atoms with Crippen LogP contribution in [0, 0.1) is 11.8 Å². The lowest BCUT2D eigenvalue weighted by Gasteiger charge is -2.23. The Kier molecular flexibility index (Phi) is 5.58. The normalized spacial score (nSPS) is 26.3. The first-order valence-electron chi connectivity index (χ1n) is 8.76. The van der Waals surface area contributed by atoms with E-state index in [1.807, 2.05) is 24.3 Å². The third-order valence-corrected chi connectivity index (χ3v) is 7.18. The van der Waals surface area contributed by atoms with Gasteiger partial charge in [0.1, 0.15) is 0 Å². The second-order valence-corrected chi connectivity index (χ2v) is 9.79. The molecule has 1 aromatic rings. The highest BCUT2D eigenvalue weighted by molar-refractivity contribution is 7.91. The summed E-state index contributed by atoms with van der Waals surface area (Å²) in [5.74, 6) is -0.684. The second-order valence-electron chi connectivity index (χ2n) is 7.12. The van der Waals surface area contributed by atoms with Crippen LogP contribution >= 0.6 is 11.6 Å². The number of halogens is 1. The molecule has 142 valence electrons. The van der Waals surface area contributed by atoms with Crippen LogP contribution in [0.4, 0.5) is 0 Å². The number of rotatable bonds is 6. The molecule has 3 rings (SSSR count). The molecule has 0 aromatic heterocycles. The Morgan fingerprint density at radius 3 is 2.54 bits per heavy atom. The highest BCUT2D eigenvalue weighted by atomic mass is 35.5. The summed E-state index contributed by atoms with van der Waals surface area (Å²) >= 11 is 5.84. The molecule has 26 heavy (non-hydrogen) atoms. The largest absolute Gasteiger partial charge is 0.356 e. The van der Waals surface area contributed by atoms with Crippen molar-refractivity contribution in [3.63, 3.8) is 0 Å². The average Bonchev–Trinajstić information content (AvgIpc) is 3.32. The van der Waals surface area contributed by atoms with E-state index in [1.54, 1.807) is 7.05 Å². The van der Waals surface area contributed by atoms with Gasteiger partial charge in [-0.3, -0.25) is 9.59 Å². The summed E-state index contributed by atoms with van der Waals surface area (Å²) < 4.78 is 23.1. The van der Waals surface area contributed by atoms with Gasteiger partial charge in [0, 0.05) is 24.7 Å². The van der Waals surface area contributed by atoms with Gasteiger partial charge in [-0.25, -0.2) is 8.42 Å². The number of nitrogens with one attached hydrogen (secondary N) is 1. The van der Waals surface area contributed by atoms with Gasteiger partial charge in [-0.2, -0.15) is 0 Å². The predicted octanol–water partition coefficient (Wildman–Crippen LogP) is 1.28. The number of carbonyl (C=O) groups is 2. The van der Waals surface area contributed by atoms with E-state index in [9.17, 15) is 18.0 Å². The van der Waals surface area contributed by atoms with Crippen LogP contribution in [-0.2, 0) is 25.8 Å². The fourth-order valence-corrected chi connectivity index (χ4v) is 5.29. The zero-order chi connectivity index (χ0) is 18.9. The standard InChI is InChI=1S/C18H23ClN2O4S/c1-21(14-7-9-26(24,25)11-14)18(23)16-10-15(16)17(22)20-8-6-12-2-4-13(19)5-3-12/h2-5,14-16H,6-11H2,1H3,(H,20,22). The number of nitrogens with zero attached hydrogens (tertiary/aromatic N) is 1. The van der Waals surface area contributed by atoms with Crippen LogP contribution in [0.1, 0.15) is 18.4 Å². The first kappa shape index (κ1) is 19.2. The maximum atomic E-state index is 12.5. The van der Waals surface area contributed by atoms with Gasteiger partial charge in [0.15, 0.2) is 9.84 Å². The van der Waals surface area contributed by atoms with Crippen molar-refractivity contribution >= 4 is 33.3 Å². The molecule has 8 heteroatoms. The molecule has 1 saturated heterocycles. The Morgan fingerprint density at radius 2 is 1.92 bits per heavy atom. The molecule has 3 unspecified atom stereocenters. The van der Waals surface area contributed by atoms with Crippen LogP contribution in [-0.4, -0.2) is 56.3 Å². The summed E-state index contributed by atoms with van der Waals surface area (Å²) in [6, 6.07) is 7.20. The van der Waals surface area contributed by atoms with Crippen molar-refractivity contribution < 1.29 is 18.0 Å². The van der Waals surface area contributed by atoms with Crippen molar-refractivity contribution in [3.05, 3.63) is 34.9 Å². The van der Waals surface area contributed by atoms with Gasteiger partial charge in [0.2, 0.25) is 11.8 Å². The first-order valence-corrected chi connectivity index (χ1v) is 11.0. The first-order chi connectivity index (χ1) is 12.3. The maximum Gasteiger partial charge on any atom is 0.226 e. The monoisotopic (exact) mass is 398 g/mol. The second kappa shape index (κ2) is 7.56. The van der Waals surface area contributed by atoms with Gasteiger partial charge in [-0.1, -0.05) is 23.7 Å². The molecule has 0 spiro atoms. The Labute approximate surface area is 158 Å². The van der Waals surface area contributed by atoms with Gasteiger partial charge in [0.25, 0.3) is 0 Å². The SMILES string of the molecule is CN(C(=O)C1CC1C(=O)NCCc1ccc(Cl)cc1)C1CCS(=O)(=O)C1. The lowest BCUT2D eigenvalue weighted by Crippen LogP contribution is -2.39. The van der Waals surface area contributed by atoms with Crippen LogP contribution in [0.5, 0.6) is 0 Å². The highest BCUT2D eigenvalue weighted by Gasteiger charge is 2.50. The lowest BCUT2D eigenvalue weighted by atomic mass is 10.1. The van der Waals surface area contributed by atoms with E-state index in [1.165, 1.54) is 4.90 Å². The molecule has 0 bridgehead atoms. The molecule has 3 atom stereocenters. The molecular formula is C18H23ClN2O4S. The van der Waals surface area contributed by atoms with E-state index in [0.717, 1.165) is 5.56 Å². The summed E-state index contributed by atoms with van der Waals surface area (Å²) in [4.78, 5) is 26.2. The zero-order valence-corrected chi connectivity index (χ0v) is 16.2. The van der Waals surface area contributed by atoms with E-state index in [4.69, 9.17) is 11.6 Å². The van der Waals surface area contributed by atoms with Crippen LogP contribution < -0.4 is 5.32 Å². The van der Waals surface area contributed by atoms with Crippen LogP contribution in [0.2, 0.25) is 5.02 Å². The average molecular weight is 399 g/mol. The van der Waals surface area contributed by atoms with Crippen molar-refractivity contribution in [2.45, 2.75) is 25.3 Å². The number of hydrogen-bond donors (Lipinski definition) is 1. The Hall–Kier alpha value is -1.60. The minimum absolute atomic E-state index is 0.0277. The molecule has 2 fully saturated rings. The maximum absolute atomic E-state index is 12.5. The quantitative estimate of drug-likeness (QED) is 0.782. The molecular weight excluding hydrogens is 376 g/mol. The number of benzene rings is 1. The lowest BCUT2D eigenvalue weighted by molar-refractivity contribution is -0.135. The fraction of sp³-hybridized carbons (Fsp3) is 0.556. The van der Waals surface area contributed by atoms with Gasteiger partial charge in [-0.15, -0.1) is 0 Å². The number of sulfone groups is 1. The summed E-state index contributed by atoms with van der Waals surface area (Å²) in [5.41, 5.74) is 1.08. The van der Waals surface area contributed by atoms with Crippen LogP contribution in [0.25, 0.3) is 0 Å². The Balaban J connectivity index is 1.43. The zero-order valence-electron chi connectivity index (χ0n) is 14.7. The minimum Gasteiger partial charge on any atom is -0.356 e. The van der Waals surface area contributed by atoms with E-state index in [0.29, 0.717) is 30.8 Å². The minimum atomic E-state index is -3.03. The summed E-state index contributed by atoms with van der Waals surface area (Å²) in [5, 5.41) is 3.55. The molecule has 1 saturated carbocycles. The topological polar surface area (TPSA) is 83.6 Å². The number of hydrogen-bond acceptors (Lipinski definition) is 4. The Bertz CT molecular complexity index is 794. The fourth-order valence-electron chi connectivity index (χ4n) is 3.39. The van der Waals surface area contributed by atoms with Crippen LogP contribution in [0.15, 0.2) is 24.3 Å². The highest BCUT2D eigenvalue weighted by Crippen LogP contribution is 2.40. The summed E-state index contributed by atoms with van der Waals surface area (Å²) in [7, 11) is -1.39. The molecule has 1 N–H and O–H groups in total. The van der Waals surface area contributed by atoms with Crippen LogP contribution in [0.3, 0.4) is 0 Å².